The predicted octanol–water partition coefficient (Wildman–Crippen LogP) is 3.14. The van der Waals surface area contributed by atoms with Crippen LogP contribution in [0.15, 0.2) is 60.7 Å². The van der Waals surface area contributed by atoms with Crippen LogP contribution in [0, 0.1) is 11.3 Å². The first-order chi connectivity index (χ1) is 10.3. The molecule has 108 valence electrons. The normalized spacial score (nSPS) is 12.0. The van der Waals surface area contributed by atoms with Crippen molar-refractivity contribution in [2.24, 2.45) is 0 Å². The van der Waals surface area contributed by atoms with Crippen LogP contribution in [0.4, 0.5) is 0 Å². The number of hydrogen-bond acceptors (Lipinski definition) is 3. The second-order valence-corrected chi connectivity index (χ2v) is 5.06. The largest absolute Gasteiger partial charge is 0.387 e. The molecule has 2 rings (SSSR count). The van der Waals surface area contributed by atoms with Gasteiger partial charge in [-0.2, -0.15) is 5.26 Å². The zero-order chi connectivity index (χ0) is 14.9. The highest BCUT2D eigenvalue weighted by Gasteiger charge is 2.13. The van der Waals surface area contributed by atoms with Crippen molar-refractivity contribution in [1.82, 2.24) is 4.90 Å². The van der Waals surface area contributed by atoms with E-state index in [0.717, 1.165) is 12.1 Å². The van der Waals surface area contributed by atoms with Gasteiger partial charge < -0.3 is 5.11 Å². The van der Waals surface area contributed by atoms with Gasteiger partial charge in [-0.15, -0.1) is 0 Å². The second kappa shape index (κ2) is 8.21. The number of nitriles is 1. The molecule has 3 heteroatoms. The molecule has 3 nitrogen and oxygen atoms in total. The average molecular weight is 280 g/mol. The van der Waals surface area contributed by atoms with Crippen molar-refractivity contribution >= 4 is 0 Å². The molecule has 0 aromatic heterocycles. The van der Waals surface area contributed by atoms with Gasteiger partial charge in [-0.05, 0) is 11.1 Å². The van der Waals surface area contributed by atoms with Crippen molar-refractivity contribution < 1.29 is 5.11 Å². The lowest BCUT2D eigenvalue weighted by molar-refractivity contribution is 0.110. The Hall–Kier alpha value is -2.15. The number of nitrogens with zero attached hydrogens (tertiary/aromatic N) is 2. The van der Waals surface area contributed by atoms with Crippen LogP contribution in [-0.4, -0.2) is 23.1 Å². The van der Waals surface area contributed by atoms with Gasteiger partial charge in [0.15, 0.2) is 0 Å². The maximum Gasteiger partial charge on any atom is 0.0917 e. The summed E-state index contributed by atoms with van der Waals surface area (Å²) in [6.07, 6.45) is -0.0671. The molecule has 1 atom stereocenters. The van der Waals surface area contributed by atoms with Gasteiger partial charge in [-0.3, -0.25) is 4.90 Å². The number of rotatable bonds is 7. The zero-order valence-electron chi connectivity index (χ0n) is 12.0. The highest BCUT2D eigenvalue weighted by atomic mass is 16.3. The molecule has 0 aliphatic rings. The molecule has 0 radical (unpaired) electrons. The molecule has 0 amide bonds. The van der Waals surface area contributed by atoms with Crippen LogP contribution in [0.25, 0.3) is 0 Å². The SMILES string of the molecule is N#CCCN(Cc1ccccc1)C[C@@H](O)c1ccccc1. The summed E-state index contributed by atoms with van der Waals surface area (Å²) in [6, 6.07) is 21.9. The lowest BCUT2D eigenvalue weighted by Crippen LogP contribution is -2.29. The van der Waals surface area contributed by atoms with Crippen molar-refractivity contribution in [3.8, 4) is 6.07 Å². The minimum absolute atomic E-state index is 0.467. The topological polar surface area (TPSA) is 47.3 Å². The Kier molecular flexibility index (Phi) is 5.96. The summed E-state index contributed by atoms with van der Waals surface area (Å²) < 4.78 is 0. The van der Waals surface area contributed by atoms with Crippen LogP contribution in [0.3, 0.4) is 0 Å². The number of aliphatic hydroxyl groups is 1. The molecule has 0 bridgehead atoms. The third kappa shape index (κ3) is 5.03. The molecule has 0 fully saturated rings. The van der Waals surface area contributed by atoms with E-state index in [1.165, 1.54) is 5.56 Å². The molecule has 0 aliphatic carbocycles. The Balaban J connectivity index is 2.01. The van der Waals surface area contributed by atoms with Gasteiger partial charge in [-0.1, -0.05) is 60.7 Å². The van der Waals surface area contributed by atoms with E-state index in [2.05, 4.69) is 23.1 Å². The van der Waals surface area contributed by atoms with E-state index in [1.807, 2.05) is 48.5 Å². The number of benzene rings is 2. The molecular formula is C18H20N2O. The number of aliphatic hydroxyl groups excluding tert-OH is 1. The molecule has 0 spiro atoms. The fraction of sp³-hybridized carbons (Fsp3) is 0.278. The quantitative estimate of drug-likeness (QED) is 0.847. The lowest BCUT2D eigenvalue weighted by Gasteiger charge is -2.24. The molecule has 0 unspecified atom stereocenters. The molecular weight excluding hydrogens is 260 g/mol. The van der Waals surface area contributed by atoms with Crippen LogP contribution in [0.1, 0.15) is 23.7 Å². The molecule has 2 aromatic carbocycles. The van der Waals surface area contributed by atoms with Crippen LogP contribution in [-0.2, 0) is 6.54 Å². The molecule has 2 aromatic rings. The van der Waals surface area contributed by atoms with Gasteiger partial charge >= 0.3 is 0 Å². The third-order valence-corrected chi connectivity index (χ3v) is 3.40. The van der Waals surface area contributed by atoms with Crippen molar-refractivity contribution in [1.29, 1.82) is 5.26 Å². The van der Waals surface area contributed by atoms with E-state index in [9.17, 15) is 5.11 Å². The fourth-order valence-corrected chi connectivity index (χ4v) is 2.31. The monoisotopic (exact) mass is 280 g/mol. The number of hydrogen-bond donors (Lipinski definition) is 1. The molecule has 1 N–H and O–H groups in total. The average Bonchev–Trinajstić information content (AvgIpc) is 2.54. The Morgan fingerprint density at radius 3 is 2.24 bits per heavy atom. The van der Waals surface area contributed by atoms with Crippen molar-refractivity contribution in [3.63, 3.8) is 0 Å². The van der Waals surface area contributed by atoms with Crippen LogP contribution < -0.4 is 0 Å². The summed E-state index contributed by atoms with van der Waals surface area (Å²) >= 11 is 0. The van der Waals surface area contributed by atoms with E-state index in [1.54, 1.807) is 0 Å². The van der Waals surface area contributed by atoms with E-state index >= 15 is 0 Å². The summed E-state index contributed by atoms with van der Waals surface area (Å²) in [5, 5.41) is 19.1. The van der Waals surface area contributed by atoms with Crippen molar-refractivity contribution in [3.05, 3.63) is 71.8 Å². The van der Waals surface area contributed by atoms with Crippen LogP contribution in [0.5, 0.6) is 0 Å². The van der Waals surface area contributed by atoms with Gasteiger partial charge in [0.05, 0.1) is 12.2 Å². The van der Waals surface area contributed by atoms with Gasteiger partial charge in [0.1, 0.15) is 0 Å². The van der Waals surface area contributed by atoms with Crippen LogP contribution >= 0.6 is 0 Å². The van der Waals surface area contributed by atoms with Gasteiger partial charge in [0.25, 0.3) is 0 Å². The van der Waals surface area contributed by atoms with Crippen molar-refractivity contribution in [2.75, 3.05) is 13.1 Å². The van der Waals surface area contributed by atoms with E-state index < -0.39 is 6.10 Å². The third-order valence-electron chi connectivity index (χ3n) is 3.40. The van der Waals surface area contributed by atoms with Gasteiger partial charge in [0, 0.05) is 26.1 Å². The molecule has 21 heavy (non-hydrogen) atoms. The zero-order valence-corrected chi connectivity index (χ0v) is 12.0. The summed E-state index contributed by atoms with van der Waals surface area (Å²) in [6.45, 7) is 1.93. The molecule has 0 heterocycles. The molecule has 0 saturated heterocycles. The molecule has 0 aliphatic heterocycles. The van der Waals surface area contributed by atoms with E-state index in [4.69, 9.17) is 5.26 Å². The second-order valence-electron chi connectivity index (χ2n) is 5.06. The molecule has 0 saturated carbocycles. The maximum absolute atomic E-state index is 10.3. The Labute approximate surface area is 126 Å². The first-order valence-electron chi connectivity index (χ1n) is 7.16. The van der Waals surface area contributed by atoms with E-state index in [0.29, 0.717) is 19.5 Å². The van der Waals surface area contributed by atoms with E-state index in [-0.39, 0.29) is 0 Å². The Bertz CT molecular complexity index is 563. The summed E-state index contributed by atoms with van der Waals surface area (Å²) in [7, 11) is 0. The fourth-order valence-electron chi connectivity index (χ4n) is 2.31. The van der Waals surface area contributed by atoms with Gasteiger partial charge in [-0.25, -0.2) is 0 Å². The summed E-state index contributed by atoms with van der Waals surface area (Å²) in [4.78, 5) is 2.12. The lowest BCUT2D eigenvalue weighted by atomic mass is 10.1. The van der Waals surface area contributed by atoms with Gasteiger partial charge in [0.2, 0.25) is 0 Å². The minimum Gasteiger partial charge on any atom is -0.387 e. The smallest absolute Gasteiger partial charge is 0.0917 e. The Morgan fingerprint density at radius 2 is 1.62 bits per heavy atom. The first-order valence-corrected chi connectivity index (χ1v) is 7.16. The van der Waals surface area contributed by atoms with Crippen molar-refractivity contribution in [2.45, 2.75) is 19.1 Å². The summed E-state index contributed by atoms with van der Waals surface area (Å²) in [5.74, 6) is 0. The summed E-state index contributed by atoms with van der Waals surface area (Å²) in [5.41, 5.74) is 2.10. The first kappa shape index (κ1) is 15.2. The highest BCUT2D eigenvalue weighted by Crippen LogP contribution is 2.15. The minimum atomic E-state index is -0.534. The highest BCUT2D eigenvalue weighted by molar-refractivity contribution is 5.18. The van der Waals surface area contributed by atoms with Crippen LogP contribution in [0.2, 0.25) is 0 Å². The standard InChI is InChI=1S/C18H20N2O/c19-12-7-13-20(14-16-8-3-1-4-9-16)15-18(21)17-10-5-2-6-11-17/h1-6,8-11,18,21H,7,13-15H2/t18-/m1/s1. The Morgan fingerprint density at radius 1 is 1.00 bits per heavy atom. The maximum atomic E-state index is 10.3. The predicted molar refractivity (Wildman–Crippen MR) is 83.4 cm³/mol.